The summed E-state index contributed by atoms with van der Waals surface area (Å²) in [5, 5.41) is 0. The lowest BCUT2D eigenvalue weighted by Crippen LogP contribution is -2.29. The number of aromatic nitrogens is 1. The number of aryl methyl sites for hydroxylation is 1. The van der Waals surface area contributed by atoms with Crippen LogP contribution in [0.3, 0.4) is 0 Å². The maximum Gasteiger partial charge on any atom is 0.0447 e. The largest absolute Gasteiger partial charge is 0.303 e. The first-order valence-corrected chi connectivity index (χ1v) is 10.5. The predicted molar refractivity (Wildman–Crippen MR) is 119 cm³/mol. The first-order valence-electron chi connectivity index (χ1n) is 10.5. The summed E-state index contributed by atoms with van der Waals surface area (Å²) in [6, 6.07) is 14.6. The summed E-state index contributed by atoms with van der Waals surface area (Å²) < 4.78 is 0. The molecule has 1 fully saturated rings. The Labute approximate surface area is 168 Å². The van der Waals surface area contributed by atoms with Gasteiger partial charge in [0.1, 0.15) is 0 Å². The summed E-state index contributed by atoms with van der Waals surface area (Å²) in [6.07, 6.45) is 6.83. The molecule has 1 aromatic heterocycles. The minimum atomic E-state index is 0.490. The number of rotatable bonds is 3. The molecule has 1 aromatic carbocycles. The van der Waals surface area contributed by atoms with Gasteiger partial charge in [-0.3, -0.25) is 4.98 Å². The summed E-state index contributed by atoms with van der Waals surface area (Å²) in [5.74, 6) is 0. The molecule has 27 heavy (non-hydrogen) atoms. The van der Waals surface area contributed by atoms with E-state index in [1.807, 2.05) is 18.3 Å². The first kappa shape index (κ1) is 23.4. The highest BCUT2D eigenvalue weighted by Crippen LogP contribution is 2.18. The lowest BCUT2D eigenvalue weighted by Gasteiger charge is -2.25. The van der Waals surface area contributed by atoms with Crippen LogP contribution in [0.2, 0.25) is 0 Å². The predicted octanol–water partition coefficient (Wildman–Crippen LogP) is 6.53. The van der Waals surface area contributed by atoms with Gasteiger partial charge in [0.15, 0.2) is 0 Å². The molecule has 150 valence electrons. The molecular formula is C25H40N2. The topological polar surface area (TPSA) is 16.1 Å². The van der Waals surface area contributed by atoms with Crippen LogP contribution in [-0.4, -0.2) is 29.5 Å². The number of pyridine rings is 1. The molecule has 0 bridgehead atoms. The van der Waals surface area contributed by atoms with Gasteiger partial charge in [0.2, 0.25) is 0 Å². The molecule has 1 aliphatic heterocycles. The van der Waals surface area contributed by atoms with Crippen LogP contribution in [0.5, 0.6) is 0 Å². The molecule has 0 saturated carbocycles. The smallest absolute Gasteiger partial charge is 0.0447 e. The van der Waals surface area contributed by atoms with Gasteiger partial charge >= 0.3 is 0 Å². The summed E-state index contributed by atoms with van der Waals surface area (Å²) in [4.78, 5) is 6.87. The Morgan fingerprint density at radius 1 is 0.926 bits per heavy atom. The Balaban J connectivity index is 0.000000246. The van der Waals surface area contributed by atoms with E-state index in [9.17, 15) is 0 Å². The van der Waals surface area contributed by atoms with E-state index in [0.29, 0.717) is 5.41 Å². The Kier molecular flexibility index (Phi) is 11.0. The third-order valence-electron chi connectivity index (χ3n) is 4.13. The lowest BCUT2D eigenvalue weighted by molar-refractivity contribution is 0.227. The summed E-state index contributed by atoms with van der Waals surface area (Å²) in [7, 11) is 0. The maximum atomic E-state index is 4.30. The number of benzene rings is 1. The van der Waals surface area contributed by atoms with Crippen molar-refractivity contribution in [3.8, 4) is 0 Å². The molecule has 1 aliphatic rings. The van der Waals surface area contributed by atoms with Crippen LogP contribution in [-0.2, 0) is 6.42 Å². The maximum absolute atomic E-state index is 4.30. The van der Waals surface area contributed by atoms with Crippen LogP contribution >= 0.6 is 0 Å². The average molecular weight is 369 g/mol. The minimum absolute atomic E-state index is 0.490. The zero-order chi connectivity index (χ0) is 20.1. The highest BCUT2D eigenvalue weighted by atomic mass is 15.1. The van der Waals surface area contributed by atoms with Crippen molar-refractivity contribution in [1.29, 1.82) is 0 Å². The molecule has 2 aromatic rings. The van der Waals surface area contributed by atoms with Crippen LogP contribution in [0.1, 0.15) is 70.7 Å². The Morgan fingerprint density at radius 2 is 1.52 bits per heavy atom. The first-order chi connectivity index (χ1) is 12.8. The molecule has 0 N–H and O–H groups in total. The molecule has 0 spiro atoms. The van der Waals surface area contributed by atoms with Crippen molar-refractivity contribution in [2.75, 3.05) is 19.6 Å². The van der Waals surface area contributed by atoms with Gasteiger partial charge in [-0.05, 0) is 56.0 Å². The number of hydrogen-bond acceptors (Lipinski definition) is 2. The van der Waals surface area contributed by atoms with Crippen LogP contribution in [0.15, 0.2) is 48.7 Å². The third kappa shape index (κ3) is 11.6. The van der Waals surface area contributed by atoms with Crippen molar-refractivity contribution >= 4 is 0 Å². The van der Waals surface area contributed by atoms with Gasteiger partial charge in [-0.2, -0.15) is 0 Å². The number of likely N-dealkylation sites (tertiary alicyclic amines) is 1. The SMILES string of the molecule is CC(C)(C)CN1CCCC1.CCC.Cc1ccc(Cc2ccccn2)cc1. The standard InChI is InChI=1S/C13H13N.C9H19N.C3H8/c1-11-5-7-12(8-6-11)10-13-4-2-3-9-14-13;1-9(2,3)8-10-6-4-5-7-10;1-3-2/h2-9H,10H2,1H3;4-8H2,1-3H3;3H2,1-2H3. The Hall–Kier alpha value is -1.67. The Morgan fingerprint density at radius 3 is 2.00 bits per heavy atom. The van der Waals surface area contributed by atoms with E-state index in [1.165, 1.54) is 50.0 Å². The van der Waals surface area contributed by atoms with Gasteiger partial charge in [-0.15, -0.1) is 0 Å². The molecule has 2 heterocycles. The Bertz CT molecular complexity index is 590. The van der Waals surface area contributed by atoms with Crippen molar-refractivity contribution in [2.45, 2.75) is 67.2 Å². The van der Waals surface area contributed by atoms with E-state index in [0.717, 1.165) is 12.1 Å². The van der Waals surface area contributed by atoms with Crippen LogP contribution in [0.4, 0.5) is 0 Å². The summed E-state index contributed by atoms with van der Waals surface area (Å²) in [5.41, 5.74) is 4.23. The van der Waals surface area contributed by atoms with Crippen molar-refractivity contribution in [2.24, 2.45) is 5.41 Å². The normalized spacial score (nSPS) is 14.0. The molecular weight excluding hydrogens is 328 g/mol. The fourth-order valence-electron chi connectivity index (χ4n) is 3.03. The fourth-order valence-corrected chi connectivity index (χ4v) is 3.03. The minimum Gasteiger partial charge on any atom is -0.303 e. The zero-order valence-electron chi connectivity index (χ0n) is 18.5. The highest BCUT2D eigenvalue weighted by molar-refractivity contribution is 5.25. The molecule has 0 atom stereocenters. The summed E-state index contributed by atoms with van der Waals surface area (Å²) >= 11 is 0. The van der Waals surface area contributed by atoms with Crippen molar-refractivity contribution in [1.82, 2.24) is 9.88 Å². The van der Waals surface area contributed by atoms with Gasteiger partial charge in [0.05, 0.1) is 0 Å². The van der Waals surface area contributed by atoms with Crippen LogP contribution in [0.25, 0.3) is 0 Å². The van der Waals surface area contributed by atoms with Crippen LogP contribution in [0, 0.1) is 12.3 Å². The second kappa shape index (κ2) is 12.7. The fraction of sp³-hybridized carbons (Fsp3) is 0.560. The molecule has 2 heteroatoms. The second-order valence-corrected chi connectivity index (χ2v) is 8.73. The lowest BCUT2D eigenvalue weighted by atomic mass is 9.96. The van der Waals surface area contributed by atoms with Crippen molar-refractivity contribution in [3.05, 3.63) is 65.5 Å². The monoisotopic (exact) mass is 368 g/mol. The number of hydrogen-bond donors (Lipinski definition) is 0. The van der Waals surface area contributed by atoms with Crippen molar-refractivity contribution in [3.63, 3.8) is 0 Å². The second-order valence-electron chi connectivity index (χ2n) is 8.73. The van der Waals surface area contributed by atoms with E-state index in [2.05, 4.69) is 81.8 Å². The zero-order valence-corrected chi connectivity index (χ0v) is 18.5. The molecule has 0 radical (unpaired) electrons. The average Bonchev–Trinajstić information content (AvgIpc) is 3.10. The van der Waals surface area contributed by atoms with E-state index in [-0.39, 0.29) is 0 Å². The molecule has 0 amide bonds. The number of nitrogens with zero attached hydrogens (tertiary/aromatic N) is 2. The quantitative estimate of drug-likeness (QED) is 0.612. The molecule has 3 rings (SSSR count). The molecule has 1 saturated heterocycles. The molecule has 0 unspecified atom stereocenters. The van der Waals surface area contributed by atoms with Crippen LogP contribution < -0.4 is 0 Å². The third-order valence-corrected chi connectivity index (χ3v) is 4.13. The molecule has 2 nitrogen and oxygen atoms in total. The van der Waals surface area contributed by atoms with E-state index in [1.54, 1.807) is 0 Å². The van der Waals surface area contributed by atoms with E-state index < -0.39 is 0 Å². The van der Waals surface area contributed by atoms with Crippen molar-refractivity contribution < 1.29 is 0 Å². The van der Waals surface area contributed by atoms with Gasteiger partial charge in [-0.1, -0.05) is 76.9 Å². The highest BCUT2D eigenvalue weighted by Gasteiger charge is 2.18. The van der Waals surface area contributed by atoms with E-state index in [4.69, 9.17) is 0 Å². The van der Waals surface area contributed by atoms with Gasteiger partial charge in [-0.25, -0.2) is 0 Å². The van der Waals surface area contributed by atoms with Gasteiger partial charge in [0, 0.05) is 24.9 Å². The molecule has 0 aliphatic carbocycles. The van der Waals surface area contributed by atoms with Gasteiger partial charge in [0.25, 0.3) is 0 Å². The van der Waals surface area contributed by atoms with E-state index >= 15 is 0 Å². The summed E-state index contributed by atoms with van der Waals surface area (Å²) in [6.45, 7) is 17.2. The van der Waals surface area contributed by atoms with Gasteiger partial charge < -0.3 is 4.90 Å².